The molecule has 0 bridgehead atoms. The molecule has 2 aliphatic rings. The maximum absolute atomic E-state index is 14.7. The summed E-state index contributed by atoms with van der Waals surface area (Å²) in [5.74, 6) is 0.513. The molecule has 1 fully saturated rings. The van der Waals surface area contributed by atoms with Gasteiger partial charge in [0.25, 0.3) is 5.79 Å². The summed E-state index contributed by atoms with van der Waals surface area (Å²) in [4.78, 5) is 7.05. The molecule has 190 valence electrons. The van der Waals surface area contributed by atoms with Crippen molar-refractivity contribution in [3.05, 3.63) is 81.9 Å². The van der Waals surface area contributed by atoms with Gasteiger partial charge in [-0.3, -0.25) is 9.88 Å². The van der Waals surface area contributed by atoms with Crippen LogP contribution in [0.5, 0.6) is 11.5 Å². The number of ether oxygens (including phenoxy) is 2. The topological polar surface area (TPSA) is 89.0 Å². The van der Waals surface area contributed by atoms with E-state index in [1.807, 2.05) is 25.3 Å². The minimum absolute atomic E-state index is 0.321. The number of aromatic amines is 1. The fourth-order valence-electron chi connectivity index (χ4n) is 5.28. The Labute approximate surface area is 218 Å². The third-order valence-corrected chi connectivity index (χ3v) is 7.43. The third kappa shape index (κ3) is 4.53. The minimum Gasteiger partial charge on any atom is -0.444 e. The summed E-state index contributed by atoms with van der Waals surface area (Å²) in [5, 5.41) is 14.5. The predicted molar refractivity (Wildman–Crippen MR) is 136 cm³/mol. The number of aryl methyl sites for hydroxylation is 1. The van der Waals surface area contributed by atoms with Gasteiger partial charge in [0.2, 0.25) is 5.82 Å². The summed E-state index contributed by atoms with van der Waals surface area (Å²) in [6.45, 7) is 6.42. The maximum Gasteiger partial charge on any atom is 0.278 e. The number of aromatic nitrogens is 5. The number of benzene rings is 2. The molecule has 10 heteroatoms. The van der Waals surface area contributed by atoms with Crippen LogP contribution in [0, 0.1) is 12.7 Å². The van der Waals surface area contributed by atoms with Crippen LogP contribution in [0.25, 0.3) is 11.4 Å². The van der Waals surface area contributed by atoms with E-state index in [9.17, 15) is 4.39 Å². The summed E-state index contributed by atoms with van der Waals surface area (Å²) in [6.07, 6.45) is 3.77. The second kappa shape index (κ2) is 9.39. The van der Waals surface area contributed by atoms with Gasteiger partial charge in [-0.15, -0.1) is 10.2 Å². The summed E-state index contributed by atoms with van der Waals surface area (Å²) in [7, 11) is 0. The Hall–Kier alpha value is -3.56. The van der Waals surface area contributed by atoms with Gasteiger partial charge in [0.15, 0.2) is 11.5 Å². The first-order chi connectivity index (χ1) is 17.9. The van der Waals surface area contributed by atoms with E-state index in [1.165, 1.54) is 6.07 Å². The molecule has 0 aliphatic carbocycles. The zero-order chi connectivity index (χ0) is 25.6. The van der Waals surface area contributed by atoms with Crippen LogP contribution in [0.15, 0.2) is 48.7 Å². The van der Waals surface area contributed by atoms with E-state index in [0.717, 1.165) is 54.9 Å². The van der Waals surface area contributed by atoms with Crippen molar-refractivity contribution in [1.29, 1.82) is 0 Å². The summed E-state index contributed by atoms with van der Waals surface area (Å²) < 4.78 is 27.2. The third-order valence-electron chi connectivity index (χ3n) is 7.20. The molecule has 6 rings (SSSR count). The Morgan fingerprint density at radius 3 is 2.73 bits per heavy atom. The van der Waals surface area contributed by atoms with Gasteiger partial charge in [0.1, 0.15) is 5.82 Å². The molecule has 37 heavy (non-hydrogen) atoms. The Morgan fingerprint density at radius 1 is 1.16 bits per heavy atom. The number of rotatable bonds is 5. The number of piperidine rings is 1. The number of hydrogen-bond acceptors (Lipinski definition) is 7. The normalized spacial score (nSPS) is 19.9. The molecule has 1 saturated heterocycles. The van der Waals surface area contributed by atoms with E-state index in [-0.39, 0.29) is 0 Å². The molecule has 1 atom stereocenters. The molecule has 2 aromatic heterocycles. The molecule has 4 aromatic rings. The average molecular weight is 521 g/mol. The lowest BCUT2D eigenvalue weighted by molar-refractivity contribution is -0.0712. The number of H-pyrrole nitrogens is 1. The molecule has 8 nitrogen and oxygen atoms in total. The first-order valence-corrected chi connectivity index (χ1v) is 12.7. The van der Waals surface area contributed by atoms with Crippen LogP contribution in [0.3, 0.4) is 0 Å². The molecular formula is C27H26ClFN6O2. The van der Waals surface area contributed by atoms with Crippen LogP contribution >= 0.6 is 11.6 Å². The van der Waals surface area contributed by atoms with Gasteiger partial charge in [-0.25, -0.2) is 4.39 Å². The maximum atomic E-state index is 14.7. The van der Waals surface area contributed by atoms with Crippen molar-refractivity contribution in [3.8, 4) is 22.9 Å². The number of para-hydroxylation sites is 1. The number of fused-ring (bicyclic) bond motifs is 1. The quantitative estimate of drug-likeness (QED) is 0.377. The van der Waals surface area contributed by atoms with Gasteiger partial charge < -0.3 is 9.47 Å². The SMILES string of the molecule is Cc1cc(CN2CCC(c3cccc4c3O[C@](C)(c3ccc(Cl)cc3F)O4)CC2)ncc1-c1nn[nH]n1. The molecule has 0 radical (unpaired) electrons. The van der Waals surface area contributed by atoms with Crippen molar-refractivity contribution >= 4 is 11.6 Å². The number of tetrazole rings is 1. The summed E-state index contributed by atoms with van der Waals surface area (Å²) in [5.41, 5.74) is 4.39. The van der Waals surface area contributed by atoms with Gasteiger partial charge in [0.05, 0.1) is 11.3 Å². The van der Waals surface area contributed by atoms with E-state index < -0.39 is 11.6 Å². The minimum atomic E-state index is -1.25. The molecule has 2 aromatic carbocycles. The van der Waals surface area contributed by atoms with Crippen LogP contribution in [0.2, 0.25) is 5.02 Å². The van der Waals surface area contributed by atoms with Gasteiger partial charge in [0, 0.05) is 35.8 Å². The Bertz CT molecular complexity index is 1440. The van der Waals surface area contributed by atoms with Crippen molar-refractivity contribution in [3.63, 3.8) is 0 Å². The molecule has 0 unspecified atom stereocenters. The zero-order valence-corrected chi connectivity index (χ0v) is 21.3. The first-order valence-electron chi connectivity index (χ1n) is 12.3. The van der Waals surface area contributed by atoms with Crippen LogP contribution in [0.4, 0.5) is 4.39 Å². The van der Waals surface area contributed by atoms with Gasteiger partial charge in [-0.05, 0) is 79.9 Å². The van der Waals surface area contributed by atoms with Crippen molar-refractivity contribution in [2.24, 2.45) is 0 Å². The fraction of sp³-hybridized carbons (Fsp3) is 0.333. The largest absolute Gasteiger partial charge is 0.444 e. The van der Waals surface area contributed by atoms with E-state index >= 15 is 0 Å². The number of likely N-dealkylation sites (tertiary alicyclic amines) is 1. The first kappa shape index (κ1) is 23.8. The summed E-state index contributed by atoms with van der Waals surface area (Å²) in [6, 6.07) is 12.6. The van der Waals surface area contributed by atoms with Gasteiger partial charge in [-0.2, -0.15) is 5.21 Å². The second-order valence-electron chi connectivity index (χ2n) is 9.72. The van der Waals surface area contributed by atoms with Crippen molar-refractivity contribution in [1.82, 2.24) is 30.5 Å². The fourth-order valence-corrected chi connectivity index (χ4v) is 5.44. The Morgan fingerprint density at radius 2 is 2.00 bits per heavy atom. The van der Waals surface area contributed by atoms with Crippen LogP contribution in [-0.2, 0) is 12.3 Å². The highest BCUT2D eigenvalue weighted by atomic mass is 35.5. The van der Waals surface area contributed by atoms with E-state index in [2.05, 4.69) is 42.6 Å². The van der Waals surface area contributed by atoms with Gasteiger partial charge in [-0.1, -0.05) is 23.7 Å². The molecule has 0 amide bonds. The van der Waals surface area contributed by atoms with Crippen LogP contribution in [-0.4, -0.2) is 43.6 Å². The van der Waals surface area contributed by atoms with Crippen LogP contribution in [0.1, 0.15) is 48.1 Å². The highest BCUT2D eigenvalue weighted by Crippen LogP contribution is 2.49. The number of nitrogens with one attached hydrogen (secondary N) is 1. The number of halogens is 2. The van der Waals surface area contributed by atoms with Gasteiger partial charge >= 0.3 is 0 Å². The molecule has 2 aliphatic heterocycles. The molecular weight excluding hydrogens is 495 g/mol. The van der Waals surface area contributed by atoms with E-state index in [1.54, 1.807) is 19.1 Å². The second-order valence-corrected chi connectivity index (χ2v) is 10.2. The molecule has 1 N–H and O–H groups in total. The number of nitrogens with zero attached hydrogens (tertiary/aromatic N) is 5. The van der Waals surface area contributed by atoms with E-state index in [0.29, 0.717) is 33.8 Å². The van der Waals surface area contributed by atoms with Crippen LogP contribution < -0.4 is 9.47 Å². The monoisotopic (exact) mass is 520 g/mol. The molecule has 0 spiro atoms. The standard InChI is InChI=1S/C27H26ClFN6O2/c1-16-12-19(30-14-21(16)26-31-33-34-32-26)15-35-10-8-17(9-11-35)20-4-3-5-24-25(20)37-27(2,36-24)22-7-6-18(28)13-23(22)29/h3-7,12-14,17H,8-11,15H2,1-2H3,(H,31,32,33,34)/t27-/m1/s1. The lowest BCUT2D eigenvalue weighted by atomic mass is 9.88. The Balaban J connectivity index is 1.13. The summed E-state index contributed by atoms with van der Waals surface area (Å²) >= 11 is 5.95. The van der Waals surface area contributed by atoms with E-state index in [4.69, 9.17) is 21.1 Å². The Kier molecular flexibility index (Phi) is 6.04. The lowest BCUT2D eigenvalue weighted by Gasteiger charge is -2.32. The van der Waals surface area contributed by atoms with Crippen molar-refractivity contribution < 1.29 is 13.9 Å². The lowest BCUT2D eigenvalue weighted by Crippen LogP contribution is -2.33. The average Bonchev–Trinajstić information content (AvgIpc) is 3.52. The highest BCUT2D eigenvalue weighted by molar-refractivity contribution is 6.30. The number of hydrogen-bond donors (Lipinski definition) is 1. The predicted octanol–water partition coefficient (Wildman–Crippen LogP) is 5.39. The highest BCUT2D eigenvalue weighted by Gasteiger charge is 2.42. The molecule has 4 heterocycles. The van der Waals surface area contributed by atoms with Crippen molar-refractivity contribution in [2.75, 3.05) is 13.1 Å². The smallest absolute Gasteiger partial charge is 0.278 e. The number of pyridine rings is 1. The van der Waals surface area contributed by atoms with Crippen molar-refractivity contribution in [2.45, 2.75) is 44.9 Å². The zero-order valence-electron chi connectivity index (χ0n) is 20.5. The molecule has 0 saturated carbocycles.